The first kappa shape index (κ1) is 24.0. The average Bonchev–Trinajstić information content (AvgIpc) is 2.82. The van der Waals surface area contributed by atoms with Gasteiger partial charge in [-0.25, -0.2) is 0 Å². The Hall–Kier alpha value is 0.00753. The van der Waals surface area contributed by atoms with Crippen molar-refractivity contribution in [3.8, 4) is 0 Å². The third kappa shape index (κ3) is 8.35. The van der Waals surface area contributed by atoms with Crippen molar-refractivity contribution in [1.29, 1.82) is 0 Å². The van der Waals surface area contributed by atoms with Crippen LogP contribution in [0.4, 0.5) is 0 Å². The Morgan fingerprint density at radius 2 is 1.46 bits per heavy atom. The van der Waals surface area contributed by atoms with Crippen LogP contribution in [0.5, 0.6) is 0 Å². The highest BCUT2D eigenvalue weighted by atomic mass is 28.5. The lowest BCUT2D eigenvalue weighted by molar-refractivity contribution is 0.381. The van der Waals surface area contributed by atoms with Crippen molar-refractivity contribution in [2.75, 3.05) is 0 Å². The second kappa shape index (κ2) is 9.00. The van der Waals surface area contributed by atoms with E-state index in [1.165, 1.54) is 18.9 Å². The minimum Gasteiger partial charge on any atom is -0.437 e. The molecule has 0 aliphatic heterocycles. The minimum absolute atomic E-state index is 1.11. The fourth-order valence-electron chi connectivity index (χ4n) is 4.00. The number of hydrogen-bond donors (Lipinski definition) is 0. The van der Waals surface area contributed by atoms with Crippen LogP contribution < -0.4 is 0 Å². The quantitative estimate of drug-likeness (QED) is 0.256. The van der Waals surface area contributed by atoms with E-state index in [0.717, 1.165) is 12.5 Å². The van der Waals surface area contributed by atoms with E-state index in [2.05, 4.69) is 83.7 Å². The third-order valence-corrected chi connectivity index (χ3v) is 17.4. The molecule has 0 aromatic carbocycles. The summed E-state index contributed by atoms with van der Waals surface area (Å²) in [5.41, 5.74) is 1.60. The Kier molecular flexibility index (Phi) is 8.33. The Bertz CT molecular complexity index is 535. The maximum atomic E-state index is 6.65. The van der Waals surface area contributed by atoms with Gasteiger partial charge in [-0.2, -0.15) is 0 Å². The zero-order valence-electron chi connectivity index (χ0n) is 18.8. The highest BCUT2D eigenvalue weighted by Crippen LogP contribution is 2.35. The van der Waals surface area contributed by atoms with Crippen LogP contribution in [0.3, 0.4) is 0 Å². The molecule has 0 bridgehead atoms. The van der Waals surface area contributed by atoms with Crippen molar-refractivity contribution in [3.05, 3.63) is 35.6 Å². The van der Waals surface area contributed by atoms with E-state index in [4.69, 9.17) is 8.23 Å². The van der Waals surface area contributed by atoms with Gasteiger partial charge >= 0.3 is 8.56 Å². The lowest BCUT2D eigenvalue weighted by Crippen LogP contribution is -2.52. The number of hydrogen-bond acceptors (Lipinski definition) is 2. The topological polar surface area (TPSA) is 18.5 Å². The third-order valence-electron chi connectivity index (χ3n) is 4.54. The predicted octanol–water partition coefficient (Wildman–Crippen LogP) is 7.23. The molecule has 0 fully saturated rings. The van der Waals surface area contributed by atoms with Gasteiger partial charge in [-0.3, -0.25) is 0 Å². The SMILES string of the molecule is C=CC[Si](C)(C)C1=CCC=C1CCC[Si](C)(O[Si](C)(C)C)O[Si](C)(C)C. The summed E-state index contributed by atoms with van der Waals surface area (Å²) in [5.74, 6) is 0. The van der Waals surface area contributed by atoms with Gasteiger partial charge in [-0.05, 0) is 77.2 Å². The van der Waals surface area contributed by atoms with E-state index in [1.807, 2.05) is 0 Å². The van der Waals surface area contributed by atoms with E-state index in [1.54, 1.807) is 10.8 Å². The van der Waals surface area contributed by atoms with E-state index in [-0.39, 0.29) is 0 Å². The molecule has 1 aliphatic rings. The summed E-state index contributed by atoms with van der Waals surface area (Å²) in [4.78, 5) is 0. The summed E-state index contributed by atoms with van der Waals surface area (Å²) in [5, 5.41) is 1.66. The zero-order chi connectivity index (χ0) is 20.2. The molecule has 1 rings (SSSR count). The maximum Gasteiger partial charge on any atom is 0.314 e. The largest absolute Gasteiger partial charge is 0.437 e. The van der Waals surface area contributed by atoms with Crippen molar-refractivity contribution in [2.24, 2.45) is 0 Å². The number of rotatable bonds is 11. The standard InChI is InChI=1S/C20H42O2Si4/c1-11-17-25(8,9)20-16-12-14-19(20)15-13-18-26(10,21-23(2,3)4)22-24(5,6)7/h11,14,16H,1,12-13,15,17-18H2,2-10H3. The first-order valence-electron chi connectivity index (χ1n) is 10.1. The monoisotopic (exact) mass is 426 g/mol. The summed E-state index contributed by atoms with van der Waals surface area (Å²) in [6.45, 7) is 24.9. The molecular formula is C20H42O2Si4. The Morgan fingerprint density at radius 1 is 0.923 bits per heavy atom. The van der Waals surface area contributed by atoms with Gasteiger partial charge in [-0.1, -0.05) is 42.1 Å². The second-order valence-electron chi connectivity index (χ2n) is 10.4. The van der Waals surface area contributed by atoms with Gasteiger partial charge in [0, 0.05) is 0 Å². The van der Waals surface area contributed by atoms with Gasteiger partial charge in [0.1, 0.15) is 0 Å². The lowest BCUT2D eigenvalue weighted by atomic mass is 10.2. The van der Waals surface area contributed by atoms with Gasteiger partial charge in [0.15, 0.2) is 16.6 Å². The van der Waals surface area contributed by atoms with Crippen LogP contribution in [0, 0.1) is 0 Å². The summed E-state index contributed by atoms with van der Waals surface area (Å²) < 4.78 is 13.3. The van der Waals surface area contributed by atoms with Crippen molar-refractivity contribution < 1.29 is 8.23 Å². The lowest BCUT2D eigenvalue weighted by Gasteiger charge is -2.38. The van der Waals surface area contributed by atoms with E-state index >= 15 is 0 Å². The van der Waals surface area contributed by atoms with Crippen molar-refractivity contribution >= 4 is 33.3 Å². The molecular weight excluding hydrogens is 385 g/mol. The van der Waals surface area contributed by atoms with Crippen LogP contribution in [-0.2, 0) is 8.23 Å². The highest BCUT2D eigenvalue weighted by Gasteiger charge is 2.40. The number of allylic oxidation sites excluding steroid dienone is 5. The van der Waals surface area contributed by atoms with Crippen LogP contribution in [0.2, 0.25) is 71.0 Å². The molecule has 0 atom stereocenters. The van der Waals surface area contributed by atoms with Gasteiger partial charge in [0.2, 0.25) is 0 Å². The molecule has 0 radical (unpaired) electrons. The summed E-state index contributed by atoms with van der Waals surface area (Å²) in [6, 6.07) is 2.27. The highest BCUT2D eigenvalue weighted by molar-refractivity contribution is 6.87. The predicted molar refractivity (Wildman–Crippen MR) is 128 cm³/mol. The molecule has 0 aromatic rings. The van der Waals surface area contributed by atoms with E-state index in [9.17, 15) is 0 Å². The van der Waals surface area contributed by atoms with Gasteiger partial charge in [0.05, 0.1) is 8.07 Å². The molecule has 2 nitrogen and oxygen atoms in total. The van der Waals surface area contributed by atoms with Gasteiger partial charge in [0.25, 0.3) is 0 Å². The second-order valence-corrected chi connectivity index (χ2v) is 27.9. The summed E-state index contributed by atoms with van der Waals surface area (Å²) >= 11 is 0. The first-order valence-corrected chi connectivity index (χ1v) is 22.6. The molecule has 0 N–H and O–H groups in total. The fourth-order valence-corrected chi connectivity index (χ4v) is 19.2. The fraction of sp³-hybridized carbons (Fsp3) is 0.700. The van der Waals surface area contributed by atoms with Crippen LogP contribution in [0.15, 0.2) is 35.6 Å². The van der Waals surface area contributed by atoms with Crippen molar-refractivity contribution in [2.45, 2.75) is 90.3 Å². The average molecular weight is 427 g/mol. The molecule has 150 valence electrons. The molecule has 0 saturated carbocycles. The van der Waals surface area contributed by atoms with Gasteiger partial charge in [-0.15, -0.1) is 6.58 Å². The van der Waals surface area contributed by atoms with E-state index in [0.29, 0.717) is 0 Å². The van der Waals surface area contributed by atoms with Crippen molar-refractivity contribution in [3.63, 3.8) is 0 Å². The molecule has 0 amide bonds. The van der Waals surface area contributed by atoms with Crippen LogP contribution >= 0.6 is 0 Å². The molecule has 26 heavy (non-hydrogen) atoms. The Balaban J connectivity index is 2.75. The Morgan fingerprint density at radius 3 is 1.92 bits per heavy atom. The van der Waals surface area contributed by atoms with Crippen molar-refractivity contribution in [1.82, 2.24) is 0 Å². The molecule has 0 aromatic heterocycles. The smallest absolute Gasteiger partial charge is 0.314 e. The first-order chi connectivity index (χ1) is 11.7. The van der Waals surface area contributed by atoms with Gasteiger partial charge < -0.3 is 8.23 Å². The summed E-state index contributed by atoms with van der Waals surface area (Å²) in [7, 11) is -6.67. The molecule has 0 unspecified atom stereocenters. The summed E-state index contributed by atoms with van der Waals surface area (Å²) in [6.07, 6.45) is 10.5. The molecule has 6 heteroatoms. The minimum atomic E-state index is -2.10. The molecule has 0 saturated heterocycles. The van der Waals surface area contributed by atoms with E-state index < -0.39 is 33.3 Å². The maximum absolute atomic E-state index is 6.65. The van der Waals surface area contributed by atoms with Crippen LogP contribution in [-0.4, -0.2) is 33.3 Å². The molecule has 1 aliphatic carbocycles. The molecule has 0 spiro atoms. The Labute approximate surface area is 167 Å². The zero-order valence-corrected chi connectivity index (χ0v) is 22.8. The molecule has 0 heterocycles. The van der Waals surface area contributed by atoms with Crippen LogP contribution in [0.25, 0.3) is 0 Å². The normalized spacial score (nSPS) is 16.5. The van der Waals surface area contributed by atoms with Crippen LogP contribution in [0.1, 0.15) is 19.3 Å².